The van der Waals surface area contributed by atoms with E-state index in [2.05, 4.69) is 251 Å². The highest BCUT2D eigenvalue weighted by molar-refractivity contribution is 6.94. The van der Waals surface area contributed by atoms with E-state index in [1.807, 2.05) is 0 Å². The van der Waals surface area contributed by atoms with Crippen LogP contribution < -0.4 is 20.6 Å². The Morgan fingerprint density at radius 1 is 0.409 bits per heavy atom. The molecule has 0 aliphatic carbocycles. The van der Waals surface area contributed by atoms with Crippen LogP contribution in [0.4, 0.5) is 28.4 Å². The van der Waals surface area contributed by atoms with Crippen molar-refractivity contribution in [1.82, 2.24) is 0 Å². The van der Waals surface area contributed by atoms with Crippen LogP contribution in [0.15, 0.2) is 205 Å². The molecule has 10 aromatic rings. The molecule has 0 saturated carbocycles. The molecular weight excluding hydrogens is 800 g/mol. The van der Waals surface area contributed by atoms with Gasteiger partial charge in [0.25, 0.3) is 0 Å². The van der Waals surface area contributed by atoms with Crippen molar-refractivity contribution in [3.05, 3.63) is 211 Å². The summed E-state index contributed by atoms with van der Waals surface area (Å²) >= 11 is 0. The van der Waals surface area contributed by atoms with Crippen molar-refractivity contribution in [3.8, 4) is 44.5 Å². The Balaban J connectivity index is 1.25. The number of rotatable bonds is 5. The number of nitrogens with zero attached hydrogens (tertiary/aromatic N) is 2. The summed E-state index contributed by atoms with van der Waals surface area (Å²) in [6.07, 6.45) is 0. The molecule has 1 aromatic heterocycles. The normalized spacial score (nSPS) is 13.2. The summed E-state index contributed by atoms with van der Waals surface area (Å²) < 4.78 is 6.81. The average Bonchev–Trinajstić information content (AvgIpc) is 3.73. The third kappa shape index (κ3) is 6.42. The lowest BCUT2D eigenvalue weighted by Crippen LogP contribution is -2.61. The van der Waals surface area contributed by atoms with Crippen molar-refractivity contribution in [1.29, 1.82) is 0 Å². The maximum Gasteiger partial charge on any atom is 0.333 e. The lowest BCUT2D eigenvalue weighted by molar-refractivity contribution is 0.590. The van der Waals surface area contributed by atoms with E-state index in [9.17, 15) is 0 Å². The van der Waals surface area contributed by atoms with Gasteiger partial charge in [-0.3, -0.25) is 0 Å². The molecule has 318 valence electrons. The second-order valence-electron chi connectivity index (χ2n) is 20.1. The van der Waals surface area contributed by atoms with Crippen molar-refractivity contribution < 1.29 is 4.42 Å². The van der Waals surface area contributed by atoms with Gasteiger partial charge in [0.2, 0.25) is 0 Å². The topological polar surface area (TPSA) is 19.6 Å². The van der Waals surface area contributed by atoms with Gasteiger partial charge in [0, 0.05) is 33.6 Å². The molecule has 3 heterocycles. The lowest BCUT2D eigenvalue weighted by atomic mass is 9.43. The van der Waals surface area contributed by atoms with Gasteiger partial charge in [0.05, 0.1) is 16.8 Å². The Kier molecular flexibility index (Phi) is 9.09. The van der Waals surface area contributed by atoms with Crippen molar-refractivity contribution >= 4 is 68.1 Å². The van der Waals surface area contributed by atoms with E-state index in [4.69, 9.17) is 4.42 Å². The molecule has 9 aromatic carbocycles. The number of furan rings is 1. The highest BCUT2D eigenvalue weighted by Crippen LogP contribution is 2.53. The van der Waals surface area contributed by atoms with Crippen molar-refractivity contribution in [2.45, 2.75) is 52.4 Å². The Morgan fingerprint density at radius 3 is 1.70 bits per heavy atom. The molecule has 0 spiro atoms. The number of benzene rings is 9. The molecule has 12 rings (SSSR count). The lowest BCUT2D eigenvalue weighted by Gasteiger charge is -2.46. The quantitative estimate of drug-likeness (QED) is 0.161. The zero-order valence-corrected chi connectivity index (χ0v) is 38.4. The van der Waals surface area contributed by atoms with Crippen LogP contribution in [0.3, 0.4) is 0 Å². The van der Waals surface area contributed by atoms with Crippen LogP contribution in [0, 0.1) is 0 Å². The number of para-hydroxylation sites is 1. The Hall–Kier alpha value is -7.56. The monoisotopic (exact) mass is 850 g/mol. The maximum atomic E-state index is 6.81. The summed E-state index contributed by atoms with van der Waals surface area (Å²) in [5, 5.41) is 2.22. The molecule has 4 heteroatoms. The molecule has 2 aliphatic rings. The van der Waals surface area contributed by atoms with Gasteiger partial charge in [-0.2, -0.15) is 0 Å². The molecule has 0 unspecified atom stereocenters. The first kappa shape index (κ1) is 40.0. The second-order valence-corrected chi connectivity index (χ2v) is 20.1. The number of hydrogen-bond donors (Lipinski definition) is 0. The molecule has 0 bridgehead atoms. The van der Waals surface area contributed by atoms with Crippen LogP contribution >= 0.6 is 0 Å². The van der Waals surface area contributed by atoms with Crippen LogP contribution in [0.5, 0.6) is 0 Å². The van der Waals surface area contributed by atoms with E-state index in [1.54, 1.807) is 0 Å². The number of anilines is 5. The van der Waals surface area contributed by atoms with Crippen molar-refractivity contribution in [3.63, 3.8) is 0 Å². The largest absolute Gasteiger partial charge is 0.456 e. The minimum absolute atomic E-state index is 0.0112. The Labute approximate surface area is 388 Å². The predicted octanol–water partition coefficient (Wildman–Crippen LogP) is 15.9. The first-order valence-corrected chi connectivity index (χ1v) is 23.3. The summed E-state index contributed by atoms with van der Waals surface area (Å²) in [7, 11) is 0. The van der Waals surface area contributed by atoms with Crippen molar-refractivity contribution in [2.24, 2.45) is 0 Å². The minimum atomic E-state index is -0.183. The minimum Gasteiger partial charge on any atom is -0.456 e. The van der Waals surface area contributed by atoms with E-state index >= 15 is 0 Å². The summed E-state index contributed by atoms with van der Waals surface area (Å²) in [6.45, 7) is 13.6. The summed E-state index contributed by atoms with van der Waals surface area (Å²) in [4.78, 5) is 5.23. The number of fused-ring (bicyclic) bond motifs is 8. The van der Waals surface area contributed by atoms with Gasteiger partial charge in [0.1, 0.15) is 11.2 Å². The van der Waals surface area contributed by atoms with Crippen LogP contribution in [0.25, 0.3) is 66.4 Å². The highest BCUT2D eigenvalue weighted by Gasteiger charge is 2.47. The van der Waals surface area contributed by atoms with E-state index in [0.29, 0.717) is 0 Å². The zero-order valence-electron chi connectivity index (χ0n) is 38.4. The van der Waals surface area contributed by atoms with Crippen LogP contribution in [0.1, 0.15) is 52.7 Å². The summed E-state index contributed by atoms with van der Waals surface area (Å²) in [5.74, 6) is 0. The average molecular weight is 851 g/mol. The molecule has 0 atom stereocenters. The third-order valence-electron chi connectivity index (χ3n) is 14.0. The first-order valence-electron chi connectivity index (χ1n) is 23.3. The Bertz CT molecular complexity index is 3490. The number of hydrogen-bond acceptors (Lipinski definition) is 3. The molecule has 0 amide bonds. The molecule has 0 N–H and O–H groups in total. The molecule has 0 radical (unpaired) electrons. The zero-order chi connectivity index (χ0) is 44.9. The van der Waals surface area contributed by atoms with Crippen LogP contribution in [-0.4, -0.2) is 6.85 Å². The fourth-order valence-electron chi connectivity index (χ4n) is 10.6. The summed E-state index contributed by atoms with van der Waals surface area (Å²) in [6, 6.07) is 74.3. The third-order valence-corrected chi connectivity index (χ3v) is 14.0. The van der Waals surface area contributed by atoms with Gasteiger partial charge in [-0.1, -0.05) is 187 Å². The van der Waals surface area contributed by atoms with E-state index in [0.717, 1.165) is 44.7 Å². The van der Waals surface area contributed by atoms with Gasteiger partial charge in [0.15, 0.2) is 0 Å². The van der Waals surface area contributed by atoms with Gasteiger partial charge in [-0.05, 0) is 121 Å². The van der Waals surface area contributed by atoms with Gasteiger partial charge in [-0.15, -0.1) is 0 Å². The van der Waals surface area contributed by atoms with Gasteiger partial charge < -0.3 is 14.1 Å². The van der Waals surface area contributed by atoms with Gasteiger partial charge in [-0.25, -0.2) is 0 Å². The molecule has 2 aliphatic heterocycles. The van der Waals surface area contributed by atoms with Crippen LogP contribution in [-0.2, 0) is 10.8 Å². The summed E-state index contributed by atoms with van der Waals surface area (Å²) in [5.41, 5.74) is 22.2. The molecule has 0 fully saturated rings. The van der Waals surface area contributed by atoms with E-state index < -0.39 is 0 Å². The molecule has 3 nitrogen and oxygen atoms in total. The fraction of sp³-hybridized carbons (Fsp3) is 0.129. The van der Waals surface area contributed by atoms with Gasteiger partial charge >= 0.3 is 6.85 Å². The van der Waals surface area contributed by atoms with Crippen LogP contribution in [0.2, 0.25) is 0 Å². The highest BCUT2D eigenvalue weighted by atomic mass is 16.3. The first-order chi connectivity index (χ1) is 32.0. The van der Waals surface area contributed by atoms with Crippen molar-refractivity contribution in [2.75, 3.05) is 9.71 Å². The van der Waals surface area contributed by atoms with E-state index in [1.165, 1.54) is 72.2 Å². The molecular formula is C62H51BN2O. The van der Waals surface area contributed by atoms with E-state index in [-0.39, 0.29) is 17.7 Å². The molecule has 0 saturated heterocycles. The maximum absolute atomic E-state index is 6.81. The smallest absolute Gasteiger partial charge is 0.333 e. The Morgan fingerprint density at radius 2 is 1.02 bits per heavy atom. The standard InChI is InChI=1S/C62H51BN2O/c1-61(2,3)45-27-30-47(31-28-45)65-54-37-43(40-18-10-7-11-19-40)26-32-48(54)51-36-44(41-20-12-8-13-21-41)38-55-59(51)63(65)52-33-35-57-58(49-24-16-17-25-56(49)66-57)60(52)64(55)53-34-29-46(62(4,5)6)39-50(53)42-22-14-9-15-23-42/h7-39H,1-6H3. The predicted molar refractivity (Wildman–Crippen MR) is 281 cm³/mol. The SMILES string of the molecule is CC(C)(C)c1ccc(N2B3c4ccc5oc6ccccc6c5c4N(c4ccc(C(C)(C)C)cc4-c4ccccc4)c4cc(-c5ccccc5)cc(c43)-c3ccc(-c4ccccc4)cc32)cc1. The molecule has 66 heavy (non-hydrogen) atoms. The second kappa shape index (κ2) is 15.0. The fourth-order valence-corrected chi connectivity index (χ4v) is 10.6.